The maximum Gasteiger partial charge on any atom is 0.275 e. The maximum absolute atomic E-state index is 12.1. The quantitative estimate of drug-likeness (QED) is 0.689. The van der Waals surface area contributed by atoms with Gasteiger partial charge < -0.3 is 9.30 Å². The number of halogens is 1. The number of hydrogen-bond acceptors (Lipinski definition) is 3. The minimum Gasteiger partial charge on any atom is -0.496 e. The minimum absolute atomic E-state index is 0.325. The number of aryl methyl sites for hydroxylation is 1. The Bertz CT molecular complexity index is 650. The van der Waals surface area contributed by atoms with Gasteiger partial charge in [0.05, 0.1) is 24.6 Å². The summed E-state index contributed by atoms with van der Waals surface area (Å²) in [5.74, 6) is 0.174. The molecule has 6 heteroatoms. The molecule has 0 aliphatic heterocycles. The number of hydrazone groups is 1. The zero-order chi connectivity index (χ0) is 14.5. The molecule has 0 aliphatic rings. The Hall–Kier alpha value is -2.08. The monoisotopic (exact) mass is 335 g/mol. The zero-order valence-corrected chi connectivity index (χ0v) is 12.7. The summed E-state index contributed by atoms with van der Waals surface area (Å²) in [6.45, 7) is 0. The van der Waals surface area contributed by atoms with Crippen LogP contribution in [0.25, 0.3) is 0 Å². The molecule has 5 nitrogen and oxygen atoms in total. The summed E-state index contributed by atoms with van der Waals surface area (Å²) < 4.78 is 7.85. The average molecular weight is 336 g/mol. The summed E-state index contributed by atoms with van der Waals surface area (Å²) in [5, 5.41) is 3.94. The standard InChI is InChI=1S/C14H14BrN3O2/c1-18-7-3-4-11(18)9-16-17-14(19)12-8-10(15)5-6-13(12)20-2/h3-9H,1-2H3,(H,17,19)/b16-9-. The van der Waals surface area contributed by atoms with Crippen LogP contribution < -0.4 is 10.2 Å². The smallest absolute Gasteiger partial charge is 0.275 e. The van der Waals surface area contributed by atoms with Crippen LogP contribution in [-0.2, 0) is 7.05 Å². The number of methoxy groups -OCH3 is 1. The third-order valence-electron chi connectivity index (χ3n) is 2.75. The number of carbonyl (C=O) groups excluding carboxylic acids is 1. The van der Waals surface area contributed by atoms with Gasteiger partial charge in [0, 0.05) is 17.7 Å². The van der Waals surface area contributed by atoms with Gasteiger partial charge in [-0.2, -0.15) is 5.10 Å². The van der Waals surface area contributed by atoms with Gasteiger partial charge in [0.2, 0.25) is 0 Å². The lowest BCUT2D eigenvalue weighted by Crippen LogP contribution is -2.18. The number of amides is 1. The fraction of sp³-hybridized carbons (Fsp3) is 0.143. The van der Waals surface area contributed by atoms with Crippen molar-refractivity contribution in [2.24, 2.45) is 12.1 Å². The Morgan fingerprint density at radius 2 is 2.25 bits per heavy atom. The molecule has 0 saturated heterocycles. The second-order valence-electron chi connectivity index (χ2n) is 4.09. The highest BCUT2D eigenvalue weighted by molar-refractivity contribution is 9.10. The molecule has 0 unspecified atom stereocenters. The van der Waals surface area contributed by atoms with Crippen molar-refractivity contribution in [2.45, 2.75) is 0 Å². The van der Waals surface area contributed by atoms with Crippen LogP contribution in [0.1, 0.15) is 16.1 Å². The molecule has 20 heavy (non-hydrogen) atoms. The van der Waals surface area contributed by atoms with E-state index in [1.807, 2.05) is 36.0 Å². The van der Waals surface area contributed by atoms with E-state index >= 15 is 0 Å². The van der Waals surface area contributed by atoms with Crippen molar-refractivity contribution in [1.29, 1.82) is 0 Å². The minimum atomic E-state index is -0.325. The third kappa shape index (κ3) is 3.27. The molecular formula is C14H14BrN3O2. The molecule has 1 aromatic heterocycles. The number of hydrogen-bond donors (Lipinski definition) is 1. The summed E-state index contributed by atoms with van der Waals surface area (Å²) in [6.07, 6.45) is 3.49. The Labute approximate surface area is 125 Å². The van der Waals surface area contributed by atoms with Crippen LogP contribution in [0.2, 0.25) is 0 Å². The fourth-order valence-corrected chi connectivity index (χ4v) is 2.04. The van der Waals surface area contributed by atoms with Gasteiger partial charge in [-0.05, 0) is 30.3 Å². The lowest BCUT2D eigenvalue weighted by Gasteiger charge is -2.07. The van der Waals surface area contributed by atoms with E-state index in [-0.39, 0.29) is 5.91 Å². The second kappa shape index (κ2) is 6.38. The number of carbonyl (C=O) groups is 1. The van der Waals surface area contributed by atoms with Crippen molar-refractivity contribution in [3.05, 3.63) is 52.3 Å². The fourth-order valence-electron chi connectivity index (χ4n) is 1.68. The molecule has 0 aliphatic carbocycles. The first-order valence-electron chi connectivity index (χ1n) is 5.90. The molecule has 1 amide bonds. The SMILES string of the molecule is COc1ccc(Br)cc1C(=O)N/N=C\c1cccn1C. The molecule has 1 heterocycles. The molecule has 0 atom stereocenters. The van der Waals surface area contributed by atoms with Crippen molar-refractivity contribution < 1.29 is 9.53 Å². The van der Waals surface area contributed by atoms with E-state index in [0.29, 0.717) is 11.3 Å². The summed E-state index contributed by atoms with van der Waals surface area (Å²) in [7, 11) is 3.42. The van der Waals surface area contributed by atoms with Crippen LogP contribution in [0.4, 0.5) is 0 Å². The van der Waals surface area contributed by atoms with Crippen molar-refractivity contribution in [3.63, 3.8) is 0 Å². The highest BCUT2D eigenvalue weighted by Crippen LogP contribution is 2.22. The van der Waals surface area contributed by atoms with Crippen molar-refractivity contribution in [1.82, 2.24) is 9.99 Å². The molecule has 2 aromatic rings. The lowest BCUT2D eigenvalue weighted by molar-refractivity contribution is 0.0952. The molecule has 0 bridgehead atoms. The number of rotatable bonds is 4. The third-order valence-corrected chi connectivity index (χ3v) is 3.25. The lowest BCUT2D eigenvalue weighted by atomic mass is 10.2. The first kappa shape index (κ1) is 14.3. The topological polar surface area (TPSA) is 55.6 Å². The van der Waals surface area contributed by atoms with Crippen LogP contribution in [-0.4, -0.2) is 23.8 Å². The zero-order valence-electron chi connectivity index (χ0n) is 11.1. The molecule has 2 rings (SSSR count). The van der Waals surface area contributed by atoms with Gasteiger partial charge >= 0.3 is 0 Å². The van der Waals surface area contributed by atoms with E-state index < -0.39 is 0 Å². The van der Waals surface area contributed by atoms with E-state index in [2.05, 4.69) is 26.5 Å². The summed E-state index contributed by atoms with van der Waals surface area (Å²) in [4.78, 5) is 12.1. The molecule has 0 radical (unpaired) electrons. The highest BCUT2D eigenvalue weighted by Gasteiger charge is 2.11. The second-order valence-corrected chi connectivity index (χ2v) is 5.00. The van der Waals surface area contributed by atoms with Gasteiger partial charge in [0.25, 0.3) is 5.91 Å². The molecule has 0 spiro atoms. The van der Waals surface area contributed by atoms with E-state index in [0.717, 1.165) is 10.2 Å². The molecule has 1 N–H and O–H groups in total. The number of nitrogens with zero attached hydrogens (tertiary/aromatic N) is 2. The molecule has 104 valence electrons. The van der Waals surface area contributed by atoms with E-state index in [4.69, 9.17) is 4.74 Å². The van der Waals surface area contributed by atoms with Crippen LogP contribution in [0.5, 0.6) is 5.75 Å². The Kier molecular flexibility index (Phi) is 4.57. The van der Waals surface area contributed by atoms with Crippen LogP contribution >= 0.6 is 15.9 Å². The van der Waals surface area contributed by atoms with Crippen molar-refractivity contribution >= 4 is 28.1 Å². The number of ether oxygens (including phenoxy) is 1. The Balaban J connectivity index is 2.11. The first-order valence-corrected chi connectivity index (χ1v) is 6.69. The summed E-state index contributed by atoms with van der Waals surface area (Å²) in [6, 6.07) is 9.02. The number of aromatic nitrogens is 1. The van der Waals surface area contributed by atoms with Crippen molar-refractivity contribution in [2.75, 3.05) is 7.11 Å². The average Bonchev–Trinajstić information content (AvgIpc) is 2.84. The van der Waals surface area contributed by atoms with Gasteiger partial charge in [-0.1, -0.05) is 15.9 Å². The van der Waals surface area contributed by atoms with E-state index in [1.54, 1.807) is 18.3 Å². The first-order chi connectivity index (χ1) is 9.61. The molecule has 1 aromatic carbocycles. The van der Waals surface area contributed by atoms with E-state index in [1.165, 1.54) is 7.11 Å². The number of benzene rings is 1. The summed E-state index contributed by atoms with van der Waals surface area (Å²) in [5.41, 5.74) is 3.80. The molecule has 0 fully saturated rings. The normalized spacial score (nSPS) is 10.8. The van der Waals surface area contributed by atoms with Gasteiger partial charge in [-0.15, -0.1) is 0 Å². The van der Waals surface area contributed by atoms with Crippen LogP contribution in [0.15, 0.2) is 46.1 Å². The predicted molar refractivity (Wildman–Crippen MR) is 81.2 cm³/mol. The predicted octanol–water partition coefficient (Wildman–Crippen LogP) is 2.56. The van der Waals surface area contributed by atoms with Gasteiger partial charge in [0.15, 0.2) is 0 Å². The van der Waals surface area contributed by atoms with Crippen LogP contribution in [0, 0.1) is 0 Å². The maximum atomic E-state index is 12.1. The molecule has 0 saturated carbocycles. The van der Waals surface area contributed by atoms with Gasteiger partial charge in [-0.25, -0.2) is 5.43 Å². The Morgan fingerprint density at radius 1 is 1.45 bits per heavy atom. The summed E-state index contributed by atoms with van der Waals surface area (Å²) >= 11 is 3.33. The van der Waals surface area contributed by atoms with Crippen LogP contribution in [0.3, 0.4) is 0 Å². The molecular weight excluding hydrogens is 322 g/mol. The van der Waals surface area contributed by atoms with E-state index in [9.17, 15) is 4.79 Å². The van der Waals surface area contributed by atoms with Gasteiger partial charge in [0.1, 0.15) is 5.75 Å². The number of nitrogens with one attached hydrogen (secondary N) is 1. The van der Waals surface area contributed by atoms with Crippen molar-refractivity contribution in [3.8, 4) is 5.75 Å². The van der Waals surface area contributed by atoms with Gasteiger partial charge in [-0.3, -0.25) is 4.79 Å². The largest absolute Gasteiger partial charge is 0.496 e. The Morgan fingerprint density at radius 3 is 2.90 bits per heavy atom. The highest BCUT2D eigenvalue weighted by atomic mass is 79.9.